The quantitative estimate of drug-likeness (QED) is 0.709. The molecule has 6 heteroatoms. The number of hydrogen-bond acceptors (Lipinski definition) is 4. The Morgan fingerprint density at radius 3 is 1.97 bits per heavy atom. The van der Waals surface area contributed by atoms with Crippen LogP contribution in [0, 0.1) is 23.2 Å². The van der Waals surface area contributed by atoms with E-state index in [1.165, 1.54) is 44.2 Å². The van der Waals surface area contributed by atoms with Crippen molar-refractivity contribution in [2.24, 2.45) is 28.2 Å². The third-order valence-corrected chi connectivity index (χ3v) is 7.88. The molecule has 6 rings (SSSR count). The fraction of sp³-hybridized carbons (Fsp3) is 0.652. The van der Waals surface area contributed by atoms with E-state index in [0.29, 0.717) is 22.4 Å². The number of methoxy groups -OCH3 is 3. The maximum atomic E-state index is 5.60. The first-order chi connectivity index (χ1) is 14.0. The number of aliphatic imine (C=N–C) groups is 1. The molecule has 4 aliphatic carbocycles. The van der Waals surface area contributed by atoms with Crippen molar-refractivity contribution in [1.82, 2.24) is 5.32 Å². The predicted molar refractivity (Wildman–Crippen MR) is 117 cm³/mol. The number of nitrogens with one attached hydrogen (secondary N) is 1. The summed E-state index contributed by atoms with van der Waals surface area (Å²) in [7, 11) is 4.94. The highest BCUT2D eigenvalue weighted by atomic mass is 32.1. The lowest BCUT2D eigenvalue weighted by molar-refractivity contribution is -0.0136. The van der Waals surface area contributed by atoms with Crippen molar-refractivity contribution in [3.63, 3.8) is 0 Å². The Kier molecular flexibility index (Phi) is 4.72. The van der Waals surface area contributed by atoms with Gasteiger partial charge in [0, 0.05) is 17.5 Å². The van der Waals surface area contributed by atoms with E-state index in [1.807, 2.05) is 12.1 Å². The van der Waals surface area contributed by atoms with E-state index in [9.17, 15) is 0 Å². The van der Waals surface area contributed by atoms with Gasteiger partial charge < -0.3 is 19.5 Å². The monoisotopic (exact) mass is 414 g/mol. The molecule has 0 amide bonds. The summed E-state index contributed by atoms with van der Waals surface area (Å²) in [6.07, 6.45) is 9.13. The van der Waals surface area contributed by atoms with E-state index < -0.39 is 0 Å². The number of benzene rings is 1. The van der Waals surface area contributed by atoms with Gasteiger partial charge in [-0.25, -0.2) is 4.99 Å². The van der Waals surface area contributed by atoms with Gasteiger partial charge in [-0.2, -0.15) is 0 Å². The molecule has 5 aliphatic rings. The van der Waals surface area contributed by atoms with E-state index in [0.717, 1.165) is 29.7 Å². The van der Waals surface area contributed by atoms with Gasteiger partial charge in [0.2, 0.25) is 5.75 Å². The summed E-state index contributed by atoms with van der Waals surface area (Å²) in [5.41, 5.74) is 2.71. The molecule has 29 heavy (non-hydrogen) atoms. The maximum Gasteiger partial charge on any atom is 0.203 e. The molecule has 1 unspecified atom stereocenters. The van der Waals surface area contributed by atoms with Crippen molar-refractivity contribution in [3.05, 3.63) is 17.7 Å². The summed E-state index contributed by atoms with van der Waals surface area (Å²) in [6.45, 7) is 0. The molecule has 0 saturated heterocycles. The van der Waals surface area contributed by atoms with Crippen molar-refractivity contribution >= 4 is 23.0 Å². The van der Waals surface area contributed by atoms with Crippen LogP contribution in [0.25, 0.3) is 0 Å². The average molecular weight is 415 g/mol. The van der Waals surface area contributed by atoms with Gasteiger partial charge >= 0.3 is 0 Å². The Balaban J connectivity index is 1.47. The van der Waals surface area contributed by atoms with E-state index in [4.69, 9.17) is 31.4 Å². The molecule has 1 aliphatic heterocycles. The number of rotatable bonds is 5. The maximum absolute atomic E-state index is 5.60. The number of thiocarbonyl (C=S) groups is 1. The Bertz CT molecular complexity index is 805. The van der Waals surface area contributed by atoms with Crippen LogP contribution in [0.3, 0.4) is 0 Å². The van der Waals surface area contributed by atoms with Crippen molar-refractivity contribution in [3.8, 4) is 17.2 Å². The molecule has 0 spiro atoms. The fourth-order valence-electron chi connectivity index (χ4n) is 6.90. The molecule has 0 aromatic heterocycles. The van der Waals surface area contributed by atoms with Crippen molar-refractivity contribution in [2.45, 2.75) is 51.0 Å². The first kappa shape index (κ1) is 19.2. The third kappa shape index (κ3) is 3.20. The lowest BCUT2D eigenvalue weighted by atomic mass is 9.48. The van der Waals surface area contributed by atoms with Crippen LogP contribution in [-0.4, -0.2) is 32.2 Å². The van der Waals surface area contributed by atoms with Crippen LogP contribution in [0.5, 0.6) is 17.2 Å². The van der Waals surface area contributed by atoms with E-state index in [2.05, 4.69) is 5.32 Å². The lowest BCUT2D eigenvalue weighted by Crippen LogP contribution is -2.52. The second kappa shape index (κ2) is 7.15. The van der Waals surface area contributed by atoms with Gasteiger partial charge in [-0.15, -0.1) is 0 Å². The highest BCUT2D eigenvalue weighted by molar-refractivity contribution is 7.80. The number of nitrogens with zero attached hydrogens (tertiary/aromatic N) is 1. The smallest absolute Gasteiger partial charge is 0.203 e. The summed E-state index contributed by atoms with van der Waals surface area (Å²) in [6, 6.07) is 4.14. The number of ether oxygens (including phenoxy) is 3. The molecular weight excluding hydrogens is 384 g/mol. The molecule has 4 saturated carbocycles. The SMILES string of the molecule is COc1cc(C2CC(C34CC5CC(CC(C5)C3)C4)=NC(=S)N2)cc(OC)c1OC. The average Bonchev–Trinajstić information content (AvgIpc) is 2.71. The summed E-state index contributed by atoms with van der Waals surface area (Å²) in [4.78, 5) is 4.92. The van der Waals surface area contributed by atoms with Crippen LogP contribution in [0.1, 0.15) is 56.6 Å². The molecular formula is C23H30N2O3S. The summed E-state index contributed by atoms with van der Waals surface area (Å²) < 4.78 is 16.6. The van der Waals surface area contributed by atoms with E-state index in [-0.39, 0.29) is 11.5 Å². The van der Waals surface area contributed by atoms with Crippen LogP contribution in [0.4, 0.5) is 0 Å². The largest absolute Gasteiger partial charge is 0.493 e. The van der Waals surface area contributed by atoms with Crippen molar-refractivity contribution in [2.75, 3.05) is 21.3 Å². The lowest BCUT2D eigenvalue weighted by Gasteiger charge is -2.57. The van der Waals surface area contributed by atoms with E-state index in [1.54, 1.807) is 21.3 Å². The van der Waals surface area contributed by atoms with Gasteiger partial charge in [-0.3, -0.25) is 0 Å². The standard InChI is InChI=1S/C23H30N2O3S/c1-26-18-7-16(8-19(27-2)21(18)28-3)17-9-20(25-22(29)24-17)23-10-13-4-14(11-23)6-15(5-13)12-23/h7-8,13-15,17H,4-6,9-12H2,1-3H3,(H,24,29). The minimum absolute atomic E-state index is 0.0803. The molecule has 1 aromatic carbocycles. The second-order valence-corrected chi connectivity index (χ2v) is 9.81. The van der Waals surface area contributed by atoms with Crippen LogP contribution in [-0.2, 0) is 0 Å². The summed E-state index contributed by atoms with van der Waals surface area (Å²) in [5.74, 6) is 4.65. The first-order valence-electron chi connectivity index (χ1n) is 10.7. The number of hydrogen-bond donors (Lipinski definition) is 1. The minimum Gasteiger partial charge on any atom is -0.493 e. The van der Waals surface area contributed by atoms with Gasteiger partial charge in [0.15, 0.2) is 16.6 Å². The summed E-state index contributed by atoms with van der Waals surface area (Å²) in [5, 5.41) is 4.04. The highest BCUT2D eigenvalue weighted by Crippen LogP contribution is 2.61. The molecule has 1 heterocycles. The van der Waals surface area contributed by atoms with Crippen LogP contribution in [0.2, 0.25) is 0 Å². The van der Waals surface area contributed by atoms with Crippen molar-refractivity contribution < 1.29 is 14.2 Å². The molecule has 4 fully saturated rings. The van der Waals surface area contributed by atoms with Crippen LogP contribution >= 0.6 is 12.2 Å². The topological polar surface area (TPSA) is 52.1 Å². The van der Waals surface area contributed by atoms with Gasteiger partial charge in [0.1, 0.15) is 0 Å². The molecule has 1 aromatic rings. The van der Waals surface area contributed by atoms with Crippen molar-refractivity contribution in [1.29, 1.82) is 0 Å². The Morgan fingerprint density at radius 1 is 0.931 bits per heavy atom. The van der Waals surface area contributed by atoms with Gasteiger partial charge in [0.25, 0.3) is 0 Å². The van der Waals surface area contributed by atoms with Crippen LogP contribution in [0.15, 0.2) is 17.1 Å². The predicted octanol–water partition coefficient (Wildman–Crippen LogP) is 4.69. The molecule has 1 atom stereocenters. The normalized spacial score (nSPS) is 35.1. The van der Waals surface area contributed by atoms with E-state index >= 15 is 0 Å². The molecule has 4 bridgehead atoms. The van der Waals surface area contributed by atoms with Gasteiger partial charge in [-0.05, 0) is 86.2 Å². The minimum atomic E-state index is 0.0803. The first-order valence-corrected chi connectivity index (χ1v) is 11.1. The Morgan fingerprint density at radius 2 is 1.48 bits per heavy atom. The van der Waals surface area contributed by atoms with Gasteiger partial charge in [0.05, 0.1) is 27.4 Å². The fourth-order valence-corrected chi connectivity index (χ4v) is 7.15. The van der Waals surface area contributed by atoms with Crippen LogP contribution < -0.4 is 19.5 Å². The summed E-state index contributed by atoms with van der Waals surface area (Å²) >= 11 is 5.60. The molecule has 156 valence electrons. The molecule has 1 N–H and O–H groups in total. The highest BCUT2D eigenvalue weighted by Gasteiger charge is 2.53. The Hall–Kier alpha value is -1.82. The second-order valence-electron chi connectivity index (χ2n) is 9.42. The van der Waals surface area contributed by atoms with Gasteiger partial charge in [-0.1, -0.05) is 0 Å². The third-order valence-electron chi connectivity index (χ3n) is 7.67. The zero-order valence-corrected chi connectivity index (χ0v) is 18.3. The molecule has 5 nitrogen and oxygen atoms in total. The zero-order chi connectivity index (χ0) is 20.2. The Labute approximate surface area is 178 Å². The zero-order valence-electron chi connectivity index (χ0n) is 17.5. The molecule has 0 radical (unpaired) electrons.